The molecule has 3 aromatic rings. The van der Waals surface area contributed by atoms with E-state index in [1.165, 1.54) is 5.56 Å². The van der Waals surface area contributed by atoms with Crippen molar-refractivity contribution in [3.8, 4) is 0 Å². The zero-order chi connectivity index (χ0) is 23.6. The first-order valence-electron chi connectivity index (χ1n) is 11.4. The van der Waals surface area contributed by atoms with Crippen LogP contribution in [0.5, 0.6) is 0 Å². The van der Waals surface area contributed by atoms with E-state index in [0.717, 1.165) is 22.5 Å². The van der Waals surface area contributed by atoms with Crippen LogP contribution in [0.1, 0.15) is 36.8 Å². The van der Waals surface area contributed by atoms with Gasteiger partial charge in [-0.2, -0.15) is 0 Å². The molecule has 2 aromatic carbocycles. The van der Waals surface area contributed by atoms with Gasteiger partial charge >= 0.3 is 6.03 Å². The molecule has 0 aliphatic carbocycles. The molecule has 33 heavy (non-hydrogen) atoms. The zero-order valence-corrected chi connectivity index (χ0v) is 20.5. The van der Waals surface area contributed by atoms with E-state index in [4.69, 9.17) is 0 Å². The first kappa shape index (κ1) is 24.5. The molecule has 0 spiro atoms. The maximum absolute atomic E-state index is 13.4. The van der Waals surface area contributed by atoms with Gasteiger partial charge < -0.3 is 15.1 Å². The number of carbonyl (C=O) groups is 2. The molecule has 1 N–H and O–H groups in total. The van der Waals surface area contributed by atoms with Gasteiger partial charge in [0, 0.05) is 23.7 Å². The number of nitrogens with zero attached hydrogens (tertiary/aromatic N) is 2. The van der Waals surface area contributed by atoms with Gasteiger partial charge in [-0.15, -0.1) is 11.3 Å². The van der Waals surface area contributed by atoms with Crippen LogP contribution in [0.15, 0.2) is 72.1 Å². The van der Waals surface area contributed by atoms with Crippen molar-refractivity contribution in [2.24, 2.45) is 5.92 Å². The van der Waals surface area contributed by atoms with Crippen LogP contribution in [0.4, 0.5) is 10.5 Å². The molecule has 0 aliphatic heterocycles. The molecule has 3 amide bonds. The lowest BCUT2D eigenvalue weighted by Crippen LogP contribution is -2.45. The number of hydrogen-bond acceptors (Lipinski definition) is 3. The van der Waals surface area contributed by atoms with Gasteiger partial charge in [0.2, 0.25) is 5.91 Å². The van der Waals surface area contributed by atoms with E-state index in [2.05, 4.69) is 12.2 Å². The van der Waals surface area contributed by atoms with Gasteiger partial charge in [0.1, 0.15) is 6.54 Å². The molecule has 0 radical (unpaired) electrons. The number of hydrogen-bond donors (Lipinski definition) is 1. The number of benzene rings is 2. The number of nitrogens with one attached hydrogen (secondary N) is 1. The Morgan fingerprint density at radius 2 is 1.61 bits per heavy atom. The highest BCUT2D eigenvalue weighted by atomic mass is 32.1. The summed E-state index contributed by atoms with van der Waals surface area (Å²) in [7, 11) is 0. The van der Waals surface area contributed by atoms with Gasteiger partial charge in [0.25, 0.3) is 0 Å². The second-order valence-electron chi connectivity index (χ2n) is 8.57. The van der Waals surface area contributed by atoms with Crippen molar-refractivity contribution in [3.63, 3.8) is 0 Å². The minimum absolute atomic E-state index is 0.0370. The summed E-state index contributed by atoms with van der Waals surface area (Å²) < 4.78 is 0. The highest BCUT2D eigenvalue weighted by Gasteiger charge is 2.23. The lowest BCUT2D eigenvalue weighted by atomic mass is 10.1. The van der Waals surface area contributed by atoms with Crippen molar-refractivity contribution < 1.29 is 9.59 Å². The third-order valence-corrected chi connectivity index (χ3v) is 6.17. The summed E-state index contributed by atoms with van der Waals surface area (Å²) in [6.45, 7) is 7.77. The third kappa shape index (κ3) is 7.75. The number of aryl methyl sites for hydroxylation is 1. The maximum atomic E-state index is 13.4. The van der Waals surface area contributed by atoms with E-state index in [9.17, 15) is 9.59 Å². The normalized spacial score (nSPS) is 10.8. The average Bonchev–Trinajstić information content (AvgIpc) is 3.32. The van der Waals surface area contributed by atoms with E-state index < -0.39 is 0 Å². The Balaban J connectivity index is 1.73. The molecule has 0 bridgehead atoms. The molecule has 0 saturated carbocycles. The fraction of sp³-hybridized carbons (Fsp3) is 0.333. The minimum Gasteiger partial charge on any atom is -0.332 e. The highest BCUT2D eigenvalue weighted by molar-refractivity contribution is 7.09. The number of rotatable bonds is 10. The van der Waals surface area contributed by atoms with Crippen molar-refractivity contribution in [3.05, 3.63) is 88.1 Å². The second-order valence-corrected chi connectivity index (χ2v) is 9.60. The zero-order valence-electron chi connectivity index (χ0n) is 19.7. The fourth-order valence-electron chi connectivity index (χ4n) is 3.58. The highest BCUT2D eigenvalue weighted by Crippen LogP contribution is 2.16. The minimum atomic E-state index is -0.253. The maximum Gasteiger partial charge on any atom is 0.322 e. The monoisotopic (exact) mass is 463 g/mol. The molecule has 174 valence electrons. The van der Waals surface area contributed by atoms with Crippen LogP contribution in [0, 0.1) is 5.92 Å². The first-order valence-corrected chi connectivity index (χ1v) is 12.3. The third-order valence-electron chi connectivity index (χ3n) is 5.31. The van der Waals surface area contributed by atoms with Crippen LogP contribution in [0.3, 0.4) is 0 Å². The van der Waals surface area contributed by atoms with Crippen molar-refractivity contribution >= 4 is 29.0 Å². The Kier molecular flexibility index (Phi) is 9.07. The fourth-order valence-corrected chi connectivity index (χ4v) is 4.30. The summed E-state index contributed by atoms with van der Waals surface area (Å²) in [5.41, 5.74) is 3.02. The van der Waals surface area contributed by atoms with E-state index in [0.29, 0.717) is 19.6 Å². The Morgan fingerprint density at radius 1 is 0.879 bits per heavy atom. The number of amides is 3. The van der Waals surface area contributed by atoms with Gasteiger partial charge in [0.05, 0.1) is 6.54 Å². The summed E-state index contributed by atoms with van der Waals surface area (Å²) in [5, 5.41) is 4.97. The van der Waals surface area contributed by atoms with Crippen LogP contribution >= 0.6 is 11.3 Å². The second kappa shape index (κ2) is 12.2. The molecule has 1 heterocycles. The topological polar surface area (TPSA) is 52.7 Å². The Morgan fingerprint density at radius 3 is 2.21 bits per heavy atom. The van der Waals surface area contributed by atoms with Crippen molar-refractivity contribution in [1.29, 1.82) is 0 Å². The largest absolute Gasteiger partial charge is 0.332 e. The number of anilines is 1. The molecular formula is C27H33N3O2S. The van der Waals surface area contributed by atoms with Gasteiger partial charge in [-0.25, -0.2) is 4.79 Å². The molecule has 5 nitrogen and oxygen atoms in total. The molecule has 0 fully saturated rings. The summed E-state index contributed by atoms with van der Waals surface area (Å²) >= 11 is 1.63. The van der Waals surface area contributed by atoms with E-state index in [-0.39, 0.29) is 24.4 Å². The number of thiophene rings is 1. The van der Waals surface area contributed by atoms with Gasteiger partial charge in [-0.3, -0.25) is 4.79 Å². The van der Waals surface area contributed by atoms with Crippen molar-refractivity contribution in [2.75, 3.05) is 18.4 Å². The Bertz CT molecular complexity index is 1000. The Labute approximate surface area is 201 Å². The smallest absolute Gasteiger partial charge is 0.322 e. The van der Waals surface area contributed by atoms with Crippen LogP contribution in [0.2, 0.25) is 0 Å². The van der Waals surface area contributed by atoms with Gasteiger partial charge in [-0.1, -0.05) is 69.3 Å². The molecule has 0 atom stereocenters. The van der Waals surface area contributed by atoms with Gasteiger partial charge in [0.15, 0.2) is 0 Å². The number of urea groups is 1. The summed E-state index contributed by atoms with van der Waals surface area (Å²) in [6.07, 6.45) is 0.948. The van der Waals surface area contributed by atoms with Crippen molar-refractivity contribution in [2.45, 2.75) is 40.3 Å². The van der Waals surface area contributed by atoms with Crippen LogP contribution in [0.25, 0.3) is 0 Å². The van der Waals surface area contributed by atoms with E-state index in [1.807, 2.05) is 90.9 Å². The van der Waals surface area contributed by atoms with E-state index >= 15 is 0 Å². The standard InChI is InChI=1S/C27H33N3O2S/c1-4-22-12-14-24(15-13-22)28-27(32)30(17-21(2)3)20-26(31)29(19-25-11-8-16-33-25)18-23-9-6-5-7-10-23/h5-16,21H,4,17-20H2,1-3H3,(H,28,32). The molecular weight excluding hydrogens is 430 g/mol. The number of carbonyl (C=O) groups excluding carboxylic acids is 2. The molecule has 6 heteroatoms. The molecule has 0 unspecified atom stereocenters. The summed E-state index contributed by atoms with van der Waals surface area (Å²) in [4.78, 5) is 31.1. The lowest BCUT2D eigenvalue weighted by molar-refractivity contribution is -0.133. The van der Waals surface area contributed by atoms with Gasteiger partial charge in [-0.05, 0) is 47.0 Å². The van der Waals surface area contributed by atoms with E-state index in [1.54, 1.807) is 16.2 Å². The molecule has 0 aliphatic rings. The average molecular weight is 464 g/mol. The predicted octanol–water partition coefficient (Wildman–Crippen LogP) is 6.03. The predicted molar refractivity (Wildman–Crippen MR) is 136 cm³/mol. The van der Waals surface area contributed by atoms with Crippen LogP contribution in [-0.4, -0.2) is 34.8 Å². The summed E-state index contributed by atoms with van der Waals surface area (Å²) in [5.74, 6) is 0.176. The SMILES string of the molecule is CCc1ccc(NC(=O)N(CC(=O)N(Cc2ccccc2)Cc2cccs2)CC(C)C)cc1. The van der Waals surface area contributed by atoms with Crippen molar-refractivity contribution in [1.82, 2.24) is 9.80 Å². The molecule has 1 aromatic heterocycles. The molecule has 0 saturated heterocycles. The molecule has 3 rings (SSSR count). The summed E-state index contributed by atoms with van der Waals surface area (Å²) in [6, 6.07) is 21.6. The first-order chi connectivity index (χ1) is 15.9. The quantitative estimate of drug-likeness (QED) is 0.399. The van der Waals surface area contributed by atoms with Crippen LogP contribution < -0.4 is 5.32 Å². The Hall–Kier alpha value is -3.12. The lowest BCUT2D eigenvalue weighted by Gasteiger charge is -2.29. The van der Waals surface area contributed by atoms with Crippen LogP contribution in [-0.2, 0) is 24.3 Å².